The Morgan fingerprint density at radius 2 is 2.20 bits per heavy atom. The van der Waals surface area contributed by atoms with Crippen LogP contribution in [0.4, 0.5) is 0 Å². The van der Waals surface area contributed by atoms with Gasteiger partial charge in [-0.25, -0.2) is 0 Å². The number of likely N-dealkylation sites (N-methyl/N-ethyl adjacent to an activating group) is 1. The molecule has 0 aromatic carbocycles. The average molecular weight is 211 g/mol. The smallest absolute Gasteiger partial charge is 0.236 e. The minimum Gasteiger partial charge on any atom is -0.340 e. The zero-order valence-electron chi connectivity index (χ0n) is 9.75. The molecule has 2 fully saturated rings. The third-order valence-corrected chi connectivity index (χ3v) is 3.26. The van der Waals surface area contributed by atoms with Gasteiger partial charge in [-0.3, -0.25) is 4.79 Å². The van der Waals surface area contributed by atoms with Gasteiger partial charge in [0.05, 0.1) is 6.54 Å². The highest BCUT2D eigenvalue weighted by molar-refractivity contribution is 5.78. The standard InChI is InChI=1S/C11H21N3O/c1-13(2)8-10(15)14-7-3-6-12-11(9-14)4-5-11/h12H,3-9H2,1-2H3. The van der Waals surface area contributed by atoms with Gasteiger partial charge in [-0.05, 0) is 39.9 Å². The topological polar surface area (TPSA) is 35.6 Å². The molecule has 2 rings (SSSR count). The summed E-state index contributed by atoms with van der Waals surface area (Å²) in [4.78, 5) is 15.9. The molecule has 1 amide bonds. The number of hydrogen-bond acceptors (Lipinski definition) is 3. The Kier molecular flexibility index (Phi) is 2.98. The molecule has 1 N–H and O–H groups in total. The SMILES string of the molecule is CN(C)CC(=O)N1CCCNC2(CC2)C1. The second kappa shape index (κ2) is 4.10. The van der Waals surface area contributed by atoms with E-state index in [0.717, 1.165) is 26.1 Å². The van der Waals surface area contributed by atoms with Crippen molar-refractivity contribution in [3.05, 3.63) is 0 Å². The van der Waals surface area contributed by atoms with Crippen molar-refractivity contribution in [2.24, 2.45) is 0 Å². The summed E-state index contributed by atoms with van der Waals surface area (Å²) < 4.78 is 0. The largest absolute Gasteiger partial charge is 0.340 e. The number of rotatable bonds is 2. The van der Waals surface area contributed by atoms with E-state index in [1.54, 1.807) is 0 Å². The third kappa shape index (κ3) is 2.69. The summed E-state index contributed by atoms with van der Waals surface area (Å²) in [5.74, 6) is 0.273. The summed E-state index contributed by atoms with van der Waals surface area (Å²) in [6.07, 6.45) is 3.55. The molecule has 4 nitrogen and oxygen atoms in total. The molecule has 1 heterocycles. The number of nitrogens with zero attached hydrogens (tertiary/aromatic N) is 2. The third-order valence-electron chi connectivity index (χ3n) is 3.26. The van der Waals surface area contributed by atoms with Crippen LogP contribution < -0.4 is 5.32 Å². The molecule has 1 aliphatic carbocycles. The maximum Gasteiger partial charge on any atom is 0.236 e. The normalized spacial score (nSPS) is 24.3. The summed E-state index contributed by atoms with van der Waals surface area (Å²) in [7, 11) is 3.89. The predicted molar refractivity (Wildman–Crippen MR) is 59.7 cm³/mol. The van der Waals surface area contributed by atoms with Crippen LogP contribution in [0, 0.1) is 0 Å². The van der Waals surface area contributed by atoms with Crippen LogP contribution in [0.5, 0.6) is 0 Å². The first-order valence-corrected chi connectivity index (χ1v) is 5.79. The number of amides is 1. The lowest BCUT2D eigenvalue weighted by molar-refractivity contribution is -0.132. The van der Waals surface area contributed by atoms with E-state index >= 15 is 0 Å². The molecule has 1 spiro atoms. The summed E-state index contributed by atoms with van der Waals surface area (Å²) in [6, 6.07) is 0. The van der Waals surface area contributed by atoms with Gasteiger partial charge in [0, 0.05) is 18.6 Å². The lowest BCUT2D eigenvalue weighted by Crippen LogP contribution is -2.45. The molecule has 15 heavy (non-hydrogen) atoms. The zero-order valence-corrected chi connectivity index (χ0v) is 9.75. The Morgan fingerprint density at radius 1 is 1.47 bits per heavy atom. The Morgan fingerprint density at radius 3 is 2.80 bits per heavy atom. The minimum absolute atomic E-state index is 0.273. The molecular weight excluding hydrogens is 190 g/mol. The fraction of sp³-hybridized carbons (Fsp3) is 0.909. The van der Waals surface area contributed by atoms with Crippen molar-refractivity contribution in [1.82, 2.24) is 15.1 Å². The van der Waals surface area contributed by atoms with Crippen LogP contribution in [-0.2, 0) is 4.79 Å². The molecular formula is C11H21N3O. The number of nitrogens with one attached hydrogen (secondary N) is 1. The summed E-state index contributed by atoms with van der Waals surface area (Å²) >= 11 is 0. The van der Waals surface area contributed by atoms with E-state index < -0.39 is 0 Å². The van der Waals surface area contributed by atoms with Crippen molar-refractivity contribution in [2.45, 2.75) is 24.8 Å². The summed E-state index contributed by atoms with van der Waals surface area (Å²) in [5.41, 5.74) is 0.290. The van der Waals surface area contributed by atoms with E-state index in [9.17, 15) is 4.79 Å². The van der Waals surface area contributed by atoms with E-state index in [2.05, 4.69) is 5.32 Å². The minimum atomic E-state index is 0.273. The van der Waals surface area contributed by atoms with Crippen molar-refractivity contribution in [3.8, 4) is 0 Å². The van der Waals surface area contributed by atoms with Crippen LogP contribution in [-0.4, -0.2) is 61.5 Å². The van der Waals surface area contributed by atoms with Gasteiger partial charge in [0.1, 0.15) is 0 Å². The van der Waals surface area contributed by atoms with E-state index in [-0.39, 0.29) is 5.91 Å². The van der Waals surface area contributed by atoms with Gasteiger partial charge < -0.3 is 15.1 Å². The molecule has 1 saturated heterocycles. The van der Waals surface area contributed by atoms with E-state index in [0.29, 0.717) is 12.1 Å². The second-order valence-corrected chi connectivity index (χ2v) is 5.11. The van der Waals surface area contributed by atoms with Gasteiger partial charge in [0.2, 0.25) is 5.91 Å². The lowest BCUT2D eigenvalue weighted by atomic mass is 10.2. The van der Waals surface area contributed by atoms with Crippen molar-refractivity contribution in [2.75, 3.05) is 40.3 Å². The van der Waals surface area contributed by atoms with Gasteiger partial charge in [-0.15, -0.1) is 0 Å². The molecule has 0 aromatic rings. The molecule has 0 radical (unpaired) electrons. The number of carbonyl (C=O) groups is 1. The maximum absolute atomic E-state index is 11.9. The van der Waals surface area contributed by atoms with Gasteiger partial charge >= 0.3 is 0 Å². The fourth-order valence-electron chi connectivity index (χ4n) is 2.19. The van der Waals surface area contributed by atoms with Gasteiger partial charge in [-0.1, -0.05) is 0 Å². The first kappa shape index (κ1) is 10.9. The van der Waals surface area contributed by atoms with Crippen LogP contribution in [0.3, 0.4) is 0 Å². The van der Waals surface area contributed by atoms with Crippen molar-refractivity contribution < 1.29 is 4.79 Å². The summed E-state index contributed by atoms with van der Waals surface area (Å²) in [6.45, 7) is 3.43. The molecule has 0 aromatic heterocycles. The van der Waals surface area contributed by atoms with Gasteiger partial charge in [0.25, 0.3) is 0 Å². The van der Waals surface area contributed by atoms with Crippen LogP contribution >= 0.6 is 0 Å². The highest BCUT2D eigenvalue weighted by atomic mass is 16.2. The monoisotopic (exact) mass is 211 g/mol. The Hall–Kier alpha value is -0.610. The van der Waals surface area contributed by atoms with Crippen molar-refractivity contribution >= 4 is 5.91 Å². The average Bonchev–Trinajstić information content (AvgIpc) is 2.93. The van der Waals surface area contributed by atoms with Crippen LogP contribution in [0.2, 0.25) is 0 Å². The van der Waals surface area contributed by atoms with Gasteiger partial charge in [0.15, 0.2) is 0 Å². The van der Waals surface area contributed by atoms with E-state index in [1.807, 2.05) is 23.9 Å². The van der Waals surface area contributed by atoms with E-state index in [4.69, 9.17) is 0 Å². The van der Waals surface area contributed by atoms with Crippen molar-refractivity contribution in [3.63, 3.8) is 0 Å². The second-order valence-electron chi connectivity index (χ2n) is 5.11. The van der Waals surface area contributed by atoms with E-state index in [1.165, 1.54) is 12.8 Å². The lowest BCUT2D eigenvalue weighted by Gasteiger charge is -2.25. The number of hydrogen-bond donors (Lipinski definition) is 1. The zero-order chi connectivity index (χ0) is 10.9. The van der Waals surface area contributed by atoms with Crippen LogP contribution in [0.25, 0.3) is 0 Å². The molecule has 0 unspecified atom stereocenters. The van der Waals surface area contributed by atoms with Crippen molar-refractivity contribution in [1.29, 1.82) is 0 Å². The highest BCUT2D eigenvalue weighted by Crippen LogP contribution is 2.37. The first-order chi connectivity index (χ1) is 7.11. The van der Waals surface area contributed by atoms with Crippen LogP contribution in [0.1, 0.15) is 19.3 Å². The molecule has 4 heteroatoms. The molecule has 86 valence electrons. The molecule has 1 aliphatic heterocycles. The fourth-order valence-corrected chi connectivity index (χ4v) is 2.19. The van der Waals surface area contributed by atoms with Gasteiger partial charge in [-0.2, -0.15) is 0 Å². The molecule has 0 bridgehead atoms. The van der Waals surface area contributed by atoms with Crippen LogP contribution in [0.15, 0.2) is 0 Å². The molecule has 1 saturated carbocycles. The Bertz CT molecular complexity index is 248. The maximum atomic E-state index is 11.9. The molecule has 2 aliphatic rings. The quantitative estimate of drug-likeness (QED) is 0.693. The molecule has 0 atom stereocenters. The highest BCUT2D eigenvalue weighted by Gasteiger charge is 2.45. The first-order valence-electron chi connectivity index (χ1n) is 5.79. The Labute approximate surface area is 91.6 Å². The Balaban J connectivity index is 1.92. The number of carbonyl (C=O) groups excluding carboxylic acids is 1. The predicted octanol–water partition coefficient (Wildman–Crippen LogP) is -0.0975. The summed E-state index contributed by atoms with van der Waals surface area (Å²) in [5, 5.41) is 3.56.